The zero-order valence-corrected chi connectivity index (χ0v) is 26.2. The van der Waals surface area contributed by atoms with Gasteiger partial charge in [0.1, 0.15) is 22.0 Å². The molecular formula is C33H34ClN7O3. The number of aryl methyl sites for hydroxylation is 1. The molecule has 1 aromatic carbocycles. The number of piperidine rings is 1. The Labute approximate surface area is 262 Å². The highest BCUT2D eigenvalue weighted by Gasteiger charge is 2.38. The number of carbonyl (C=O) groups excluding carboxylic acids is 2. The number of hydrogen-bond donors (Lipinski definition) is 1. The van der Waals surface area contributed by atoms with Crippen molar-refractivity contribution in [1.29, 1.82) is 10.5 Å². The molecule has 1 N–H and O–H groups in total. The van der Waals surface area contributed by atoms with Gasteiger partial charge in [-0.15, -0.1) is 0 Å². The lowest BCUT2D eigenvalue weighted by Crippen LogP contribution is -2.56. The molecule has 0 atom stereocenters. The molecule has 11 heteroatoms. The molecule has 3 heterocycles. The molecule has 0 radical (unpaired) electrons. The maximum Gasteiger partial charge on any atom is 0.410 e. The van der Waals surface area contributed by atoms with E-state index in [1.54, 1.807) is 60.8 Å². The van der Waals surface area contributed by atoms with E-state index in [4.69, 9.17) is 21.4 Å². The molecule has 10 nitrogen and oxygen atoms in total. The van der Waals surface area contributed by atoms with E-state index in [0.29, 0.717) is 16.4 Å². The van der Waals surface area contributed by atoms with Gasteiger partial charge < -0.3 is 15.0 Å². The average Bonchev–Trinajstić information content (AvgIpc) is 3.30. The standard InChI is InChI=1S/C33H34ClN7O3/c1-21(30(42)38-33(20-36)11-14-40(15-12-33)31(43)44-32(4,5)6)10-13-41-23(3)28(26-16-22(2)37-27(34)18-26)29(39-41)25-9-7-8-24(17-25)19-35/h7-10,13,16-18H,1,11-12,14-15H2,2-6H3,(H,38,42)/b13-10-. The van der Waals surface area contributed by atoms with Crippen LogP contribution in [0, 0.1) is 36.5 Å². The van der Waals surface area contributed by atoms with Gasteiger partial charge >= 0.3 is 6.09 Å². The molecule has 226 valence electrons. The van der Waals surface area contributed by atoms with Crippen LogP contribution in [-0.4, -0.2) is 55.9 Å². The summed E-state index contributed by atoms with van der Waals surface area (Å²) in [5, 5.41) is 27.4. The van der Waals surface area contributed by atoms with Gasteiger partial charge in [0.2, 0.25) is 0 Å². The van der Waals surface area contributed by atoms with E-state index < -0.39 is 23.1 Å². The maximum absolute atomic E-state index is 13.1. The Bertz CT molecular complexity index is 1710. The van der Waals surface area contributed by atoms with Crippen LogP contribution in [0.2, 0.25) is 5.15 Å². The van der Waals surface area contributed by atoms with E-state index in [9.17, 15) is 20.1 Å². The van der Waals surface area contributed by atoms with Gasteiger partial charge in [-0.3, -0.25) is 4.79 Å². The van der Waals surface area contributed by atoms with Crippen LogP contribution in [0.25, 0.3) is 28.6 Å². The van der Waals surface area contributed by atoms with Gasteiger partial charge in [0, 0.05) is 60.2 Å². The van der Waals surface area contributed by atoms with Crippen molar-refractivity contribution in [3.63, 3.8) is 0 Å². The summed E-state index contributed by atoms with van der Waals surface area (Å²) in [6.07, 6.45) is 3.22. The summed E-state index contributed by atoms with van der Waals surface area (Å²) in [5.41, 5.74) is 3.32. The summed E-state index contributed by atoms with van der Waals surface area (Å²) in [5.74, 6) is -0.503. The highest BCUT2D eigenvalue weighted by atomic mass is 35.5. The lowest BCUT2D eigenvalue weighted by atomic mass is 9.88. The molecule has 44 heavy (non-hydrogen) atoms. The molecule has 0 saturated carbocycles. The zero-order valence-electron chi connectivity index (χ0n) is 25.4. The molecule has 1 fully saturated rings. The van der Waals surface area contributed by atoms with Crippen molar-refractivity contribution in [3.05, 3.63) is 76.7 Å². The Balaban J connectivity index is 1.56. The van der Waals surface area contributed by atoms with Crippen LogP contribution >= 0.6 is 11.6 Å². The first-order chi connectivity index (χ1) is 20.7. The van der Waals surface area contributed by atoms with Crippen molar-refractivity contribution < 1.29 is 14.3 Å². The number of hydrogen-bond acceptors (Lipinski definition) is 7. The number of nitrogens with one attached hydrogen (secondary N) is 1. The SMILES string of the molecule is C=C(/C=C\n1nc(-c2cccc(C#N)c2)c(-c2cc(C)nc(Cl)c2)c1C)C(=O)NC1(C#N)CCN(C(=O)OC(C)(C)C)CC1. The van der Waals surface area contributed by atoms with Gasteiger partial charge in [-0.25, -0.2) is 14.5 Å². The maximum atomic E-state index is 13.1. The van der Waals surface area contributed by atoms with Crippen molar-refractivity contribution >= 4 is 29.8 Å². The van der Waals surface area contributed by atoms with Crippen LogP contribution in [0.5, 0.6) is 0 Å². The molecular weight excluding hydrogens is 578 g/mol. The number of aromatic nitrogens is 3. The number of rotatable bonds is 6. The zero-order chi connectivity index (χ0) is 32.2. The van der Waals surface area contributed by atoms with E-state index in [1.165, 1.54) is 6.08 Å². The number of nitrogens with zero attached hydrogens (tertiary/aromatic N) is 6. The van der Waals surface area contributed by atoms with E-state index in [0.717, 1.165) is 28.1 Å². The quantitative estimate of drug-likeness (QED) is 0.199. The topological polar surface area (TPSA) is 137 Å². The second kappa shape index (κ2) is 12.7. The van der Waals surface area contributed by atoms with E-state index in [-0.39, 0.29) is 31.5 Å². The van der Waals surface area contributed by atoms with E-state index >= 15 is 0 Å². The minimum Gasteiger partial charge on any atom is -0.444 e. The summed E-state index contributed by atoms with van der Waals surface area (Å²) >= 11 is 6.29. The largest absolute Gasteiger partial charge is 0.444 e. The number of halogens is 1. The summed E-state index contributed by atoms with van der Waals surface area (Å²) in [4.78, 5) is 31.4. The molecule has 2 amide bonds. The lowest BCUT2D eigenvalue weighted by Gasteiger charge is -2.38. The number of carbonyl (C=O) groups is 2. The minimum absolute atomic E-state index is 0.126. The first kappa shape index (κ1) is 32.0. The molecule has 0 bridgehead atoms. The first-order valence-corrected chi connectivity index (χ1v) is 14.4. The van der Waals surface area contributed by atoms with Crippen LogP contribution in [0.4, 0.5) is 4.79 Å². The number of nitriles is 2. The molecule has 0 aliphatic carbocycles. The molecule has 1 aliphatic rings. The molecule has 0 spiro atoms. The molecule has 1 aliphatic heterocycles. The predicted molar refractivity (Wildman–Crippen MR) is 168 cm³/mol. The normalized spacial score (nSPS) is 14.5. The van der Waals surface area contributed by atoms with Crippen molar-refractivity contribution in [2.24, 2.45) is 0 Å². The monoisotopic (exact) mass is 611 g/mol. The van der Waals surface area contributed by atoms with Gasteiger partial charge in [0.15, 0.2) is 0 Å². The van der Waals surface area contributed by atoms with Gasteiger partial charge in [0.25, 0.3) is 5.91 Å². The Kier molecular flexibility index (Phi) is 9.27. The number of benzene rings is 1. The van der Waals surface area contributed by atoms with Crippen molar-refractivity contribution in [3.8, 4) is 34.5 Å². The minimum atomic E-state index is -1.14. The average molecular weight is 612 g/mol. The summed E-state index contributed by atoms with van der Waals surface area (Å²) in [7, 11) is 0. The van der Waals surface area contributed by atoms with Gasteiger partial charge in [-0.2, -0.15) is 15.6 Å². The Hall–Kier alpha value is -4.93. The highest BCUT2D eigenvalue weighted by Crippen LogP contribution is 2.36. The fourth-order valence-corrected chi connectivity index (χ4v) is 5.17. The number of ether oxygens (including phenoxy) is 1. The van der Waals surface area contributed by atoms with Crippen LogP contribution in [0.1, 0.15) is 50.6 Å². The predicted octanol–water partition coefficient (Wildman–Crippen LogP) is 6.19. The van der Waals surface area contributed by atoms with Crippen molar-refractivity contribution in [1.82, 2.24) is 25.0 Å². The van der Waals surface area contributed by atoms with Crippen LogP contribution in [0.15, 0.2) is 54.6 Å². The van der Waals surface area contributed by atoms with Crippen LogP contribution in [-0.2, 0) is 9.53 Å². The summed E-state index contributed by atoms with van der Waals surface area (Å²) < 4.78 is 7.06. The molecule has 0 unspecified atom stereocenters. The Morgan fingerprint density at radius 2 is 1.84 bits per heavy atom. The first-order valence-electron chi connectivity index (χ1n) is 14.1. The molecule has 1 saturated heterocycles. The third-order valence-electron chi connectivity index (χ3n) is 7.17. The van der Waals surface area contributed by atoms with Gasteiger partial charge in [-0.1, -0.05) is 30.3 Å². The van der Waals surface area contributed by atoms with Crippen molar-refractivity contribution in [2.45, 2.75) is 58.6 Å². The molecule has 3 aromatic rings. The highest BCUT2D eigenvalue weighted by molar-refractivity contribution is 6.29. The second-order valence-corrected chi connectivity index (χ2v) is 12.1. The van der Waals surface area contributed by atoms with Gasteiger partial charge in [0.05, 0.1) is 17.7 Å². The molecule has 4 rings (SSSR count). The van der Waals surface area contributed by atoms with Gasteiger partial charge in [-0.05, 0) is 70.5 Å². The third-order valence-corrected chi connectivity index (χ3v) is 7.36. The molecule has 2 aromatic heterocycles. The van der Waals surface area contributed by atoms with E-state index in [2.05, 4.69) is 29.0 Å². The van der Waals surface area contributed by atoms with Crippen molar-refractivity contribution in [2.75, 3.05) is 13.1 Å². The smallest absolute Gasteiger partial charge is 0.410 e. The van der Waals surface area contributed by atoms with Crippen LogP contribution in [0.3, 0.4) is 0 Å². The number of likely N-dealkylation sites (tertiary alicyclic amines) is 1. The fourth-order valence-electron chi connectivity index (χ4n) is 4.92. The Morgan fingerprint density at radius 3 is 2.45 bits per heavy atom. The fraction of sp³-hybridized carbons (Fsp3) is 0.333. The lowest BCUT2D eigenvalue weighted by molar-refractivity contribution is -0.118. The van der Waals surface area contributed by atoms with Crippen LogP contribution < -0.4 is 5.32 Å². The third kappa shape index (κ3) is 7.34. The summed E-state index contributed by atoms with van der Waals surface area (Å²) in [6, 6.07) is 15.2. The number of amides is 2. The number of pyridine rings is 1. The second-order valence-electron chi connectivity index (χ2n) is 11.7. The van der Waals surface area contributed by atoms with E-state index in [1.807, 2.05) is 26.0 Å². The Morgan fingerprint density at radius 1 is 1.14 bits per heavy atom. The summed E-state index contributed by atoms with van der Waals surface area (Å²) in [6.45, 7) is 13.6.